The molecule has 6 nitrogen and oxygen atoms in total. The molecule has 2 aliphatic heterocycles. The van der Waals surface area contributed by atoms with Gasteiger partial charge < -0.3 is 14.5 Å². The zero-order chi connectivity index (χ0) is 25.4. The van der Waals surface area contributed by atoms with Gasteiger partial charge in [0, 0.05) is 37.0 Å². The number of ketones is 1. The highest BCUT2D eigenvalue weighted by Gasteiger charge is 2.67. The Labute approximate surface area is 211 Å². The van der Waals surface area contributed by atoms with Crippen LogP contribution in [-0.4, -0.2) is 45.0 Å². The fraction of sp³-hybridized carbons (Fsp3) is 0.233. The van der Waals surface area contributed by atoms with E-state index in [1.807, 2.05) is 103 Å². The van der Waals surface area contributed by atoms with Crippen molar-refractivity contribution in [3.63, 3.8) is 0 Å². The number of hydrogen-bond acceptors (Lipinski definition) is 6. The van der Waals surface area contributed by atoms with Crippen LogP contribution in [0.5, 0.6) is 0 Å². The number of hydrogen-bond donors (Lipinski definition) is 0. The lowest BCUT2D eigenvalue weighted by Gasteiger charge is -2.36. The third-order valence-corrected chi connectivity index (χ3v) is 7.35. The summed E-state index contributed by atoms with van der Waals surface area (Å²) >= 11 is 0. The predicted molar refractivity (Wildman–Crippen MR) is 140 cm³/mol. The molecule has 3 aromatic carbocycles. The van der Waals surface area contributed by atoms with E-state index in [4.69, 9.17) is 4.74 Å². The molecule has 4 unspecified atom stereocenters. The van der Waals surface area contributed by atoms with E-state index in [2.05, 4.69) is 6.07 Å². The number of ether oxygens (including phenoxy) is 1. The van der Waals surface area contributed by atoms with Gasteiger partial charge in [0.05, 0.1) is 19.2 Å². The zero-order valence-corrected chi connectivity index (χ0v) is 20.5. The SMILES string of the molecule is COC(=O)C1(C#N)C(c2ccc(N(C)C)cc2)C(C(=O)c2ccccc2)N2c3ccccc3C=CC21. The number of fused-ring (bicyclic) bond motifs is 3. The number of methoxy groups -OCH3 is 1. The van der Waals surface area contributed by atoms with Crippen LogP contribution >= 0.6 is 0 Å². The van der Waals surface area contributed by atoms with Gasteiger partial charge in [0.25, 0.3) is 0 Å². The second kappa shape index (κ2) is 9.01. The molecule has 0 radical (unpaired) electrons. The molecule has 0 amide bonds. The van der Waals surface area contributed by atoms with Crippen LogP contribution in [0.1, 0.15) is 27.4 Å². The van der Waals surface area contributed by atoms with E-state index < -0.39 is 29.4 Å². The lowest BCUT2D eigenvalue weighted by atomic mass is 9.68. The average Bonchev–Trinajstić information content (AvgIpc) is 3.24. The summed E-state index contributed by atoms with van der Waals surface area (Å²) in [6, 6.07) is 25.4. The highest BCUT2D eigenvalue weighted by molar-refractivity contribution is 6.06. The molecule has 0 aromatic heterocycles. The fourth-order valence-corrected chi connectivity index (χ4v) is 5.66. The van der Waals surface area contributed by atoms with Crippen LogP contribution in [0.2, 0.25) is 0 Å². The molecule has 0 N–H and O–H groups in total. The number of rotatable bonds is 5. The van der Waals surface area contributed by atoms with Crippen molar-refractivity contribution in [2.75, 3.05) is 31.0 Å². The highest BCUT2D eigenvalue weighted by Crippen LogP contribution is 2.56. The summed E-state index contributed by atoms with van der Waals surface area (Å²) in [5, 5.41) is 10.7. The van der Waals surface area contributed by atoms with E-state index in [-0.39, 0.29) is 5.78 Å². The van der Waals surface area contributed by atoms with Gasteiger partial charge in [-0.3, -0.25) is 9.59 Å². The number of esters is 1. The average molecular weight is 478 g/mol. The molecule has 1 saturated heterocycles. The first-order valence-electron chi connectivity index (χ1n) is 11.9. The molecule has 36 heavy (non-hydrogen) atoms. The maximum absolute atomic E-state index is 14.2. The molecule has 0 bridgehead atoms. The number of nitrogens with zero attached hydrogens (tertiary/aromatic N) is 3. The number of para-hydroxylation sites is 1. The quantitative estimate of drug-likeness (QED) is 0.392. The van der Waals surface area contributed by atoms with Crippen LogP contribution in [0, 0.1) is 16.7 Å². The van der Waals surface area contributed by atoms with Gasteiger partial charge in [-0.1, -0.05) is 72.8 Å². The van der Waals surface area contributed by atoms with E-state index in [1.165, 1.54) is 7.11 Å². The van der Waals surface area contributed by atoms with Crippen LogP contribution in [0.3, 0.4) is 0 Å². The summed E-state index contributed by atoms with van der Waals surface area (Å²) in [4.78, 5) is 31.8. The summed E-state index contributed by atoms with van der Waals surface area (Å²) in [5.74, 6) is -1.55. The minimum atomic E-state index is -1.63. The number of nitriles is 1. The highest BCUT2D eigenvalue weighted by atomic mass is 16.5. The third-order valence-electron chi connectivity index (χ3n) is 7.35. The van der Waals surface area contributed by atoms with Crippen LogP contribution in [0.4, 0.5) is 11.4 Å². The van der Waals surface area contributed by atoms with E-state index in [1.54, 1.807) is 12.1 Å². The Morgan fingerprint density at radius 3 is 2.28 bits per heavy atom. The van der Waals surface area contributed by atoms with Crippen molar-refractivity contribution in [2.45, 2.75) is 18.0 Å². The lowest BCUT2D eigenvalue weighted by Crippen LogP contribution is -2.46. The molecule has 4 atom stereocenters. The monoisotopic (exact) mass is 477 g/mol. The van der Waals surface area contributed by atoms with Crippen molar-refractivity contribution < 1.29 is 14.3 Å². The van der Waals surface area contributed by atoms with Crippen LogP contribution in [-0.2, 0) is 9.53 Å². The number of carbonyl (C=O) groups is 2. The molecule has 6 heteroatoms. The second-order valence-electron chi connectivity index (χ2n) is 9.38. The maximum Gasteiger partial charge on any atom is 0.329 e. The van der Waals surface area contributed by atoms with Crippen molar-refractivity contribution in [1.82, 2.24) is 0 Å². The van der Waals surface area contributed by atoms with Gasteiger partial charge in [0.15, 0.2) is 11.2 Å². The van der Waals surface area contributed by atoms with Gasteiger partial charge in [0.2, 0.25) is 0 Å². The molecule has 2 aliphatic rings. The Morgan fingerprint density at radius 1 is 0.972 bits per heavy atom. The zero-order valence-electron chi connectivity index (χ0n) is 20.5. The third kappa shape index (κ3) is 3.39. The first-order valence-corrected chi connectivity index (χ1v) is 11.9. The summed E-state index contributed by atoms with van der Waals surface area (Å²) in [6.07, 6.45) is 3.79. The molecule has 0 aliphatic carbocycles. The Bertz CT molecular complexity index is 1370. The van der Waals surface area contributed by atoms with Crippen LogP contribution < -0.4 is 9.80 Å². The number of Topliss-reactive ketones (excluding diaryl/α,β-unsaturated/α-hetero) is 1. The van der Waals surface area contributed by atoms with Gasteiger partial charge in [0.1, 0.15) is 6.04 Å². The number of carbonyl (C=O) groups excluding carboxylic acids is 2. The first-order chi connectivity index (χ1) is 17.4. The number of anilines is 2. The first kappa shape index (κ1) is 23.4. The number of benzene rings is 3. The standard InChI is InChI=1S/C30H27N3O3/c1-32(2)23-16-13-21(14-17-23)26-27(28(34)22-10-5-4-6-11-22)33-24-12-8-7-9-20(24)15-18-25(33)30(26,19-31)29(35)36-3/h4-18,25-27H,1-3H3. The Balaban J connectivity index is 1.79. The molecule has 5 rings (SSSR count). The second-order valence-corrected chi connectivity index (χ2v) is 9.38. The summed E-state index contributed by atoms with van der Waals surface area (Å²) in [5.41, 5.74) is 2.36. The van der Waals surface area contributed by atoms with Crippen LogP contribution in [0.25, 0.3) is 6.08 Å². The minimum absolute atomic E-state index is 0.145. The smallest absolute Gasteiger partial charge is 0.329 e. The Morgan fingerprint density at radius 2 is 1.64 bits per heavy atom. The summed E-state index contributed by atoms with van der Waals surface area (Å²) < 4.78 is 5.27. The van der Waals surface area contributed by atoms with Crippen molar-refractivity contribution in [3.05, 3.63) is 102 Å². The molecule has 3 aromatic rings. The minimum Gasteiger partial charge on any atom is -0.468 e. The Hall–Kier alpha value is -4.37. The maximum atomic E-state index is 14.2. The van der Waals surface area contributed by atoms with Crippen molar-refractivity contribution in [1.29, 1.82) is 5.26 Å². The molecule has 0 spiro atoms. The van der Waals surface area contributed by atoms with E-state index in [0.29, 0.717) is 5.56 Å². The van der Waals surface area contributed by atoms with Gasteiger partial charge >= 0.3 is 5.97 Å². The van der Waals surface area contributed by atoms with Crippen molar-refractivity contribution in [2.24, 2.45) is 5.41 Å². The Kier molecular flexibility index (Phi) is 5.85. The fourth-order valence-electron chi connectivity index (χ4n) is 5.66. The van der Waals surface area contributed by atoms with Gasteiger partial charge in [-0.25, -0.2) is 0 Å². The summed E-state index contributed by atoms with van der Waals surface area (Å²) in [7, 11) is 5.19. The topological polar surface area (TPSA) is 73.6 Å². The van der Waals surface area contributed by atoms with Gasteiger partial charge in [-0.15, -0.1) is 0 Å². The van der Waals surface area contributed by atoms with E-state index in [9.17, 15) is 14.9 Å². The molecular formula is C30H27N3O3. The molecule has 2 heterocycles. The van der Waals surface area contributed by atoms with E-state index in [0.717, 1.165) is 22.5 Å². The predicted octanol–water partition coefficient (Wildman–Crippen LogP) is 4.69. The van der Waals surface area contributed by atoms with Crippen molar-refractivity contribution in [3.8, 4) is 6.07 Å². The molecule has 1 fully saturated rings. The van der Waals surface area contributed by atoms with Gasteiger partial charge in [-0.2, -0.15) is 5.26 Å². The largest absolute Gasteiger partial charge is 0.468 e. The van der Waals surface area contributed by atoms with Gasteiger partial charge in [-0.05, 0) is 29.3 Å². The van der Waals surface area contributed by atoms with Crippen LogP contribution in [0.15, 0.2) is 84.9 Å². The lowest BCUT2D eigenvalue weighted by molar-refractivity contribution is -0.150. The van der Waals surface area contributed by atoms with Crippen molar-refractivity contribution >= 4 is 29.2 Å². The molecule has 180 valence electrons. The normalized spacial score (nSPS) is 23.8. The summed E-state index contributed by atoms with van der Waals surface area (Å²) in [6.45, 7) is 0. The molecular weight excluding hydrogens is 450 g/mol. The van der Waals surface area contributed by atoms with E-state index >= 15 is 0 Å². The molecule has 0 saturated carbocycles.